The molecule has 4 rings (SSSR count). The van der Waals surface area contributed by atoms with Crippen molar-refractivity contribution < 1.29 is 25.9 Å². The van der Waals surface area contributed by atoms with Gasteiger partial charge in [-0.25, -0.2) is 16.8 Å². The summed E-state index contributed by atoms with van der Waals surface area (Å²) < 4.78 is 72.1. The molecular weight excluding hydrogens is 550 g/mol. The van der Waals surface area contributed by atoms with Crippen LogP contribution in [-0.2, 0) is 26.7 Å². The molecular formula is C21H14BaO6S2. The molecule has 0 unspecified atom stereocenters. The summed E-state index contributed by atoms with van der Waals surface area (Å²) in [6, 6.07) is 19.3. The number of hydrogen-bond acceptors (Lipinski definition) is 6. The van der Waals surface area contributed by atoms with Crippen LogP contribution in [0.15, 0.2) is 82.6 Å². The summed E-state index contributed by atoms with van der Waals surface area (Å²) in [6.07, 6.45) is -0.191. The first-order valence-electron chi connectivity index (χ1n) is 8.59. The van der Waals surface area contributed by atoms with Gasteiger partial charge in [0.1, 0.15) is 20.2 Å². The smallest absolute Gasteiger partial charge is 0.744 e. The average Bonchev–Trinajstić information content (AvgIpc) is 2.65. The van der Waals surface area contributed by atoms with Gasteiger partial charge in [-0.1, -0.05) is 72.8 Å². The first-order valence-corrected chi connectivity index (χ1v) is 11.4. The summed E-state index contributed by atoms with van der Waals surface area (Å²) in [5.41, 5.74) is 0.276. The third-order valence-corrected chi connectivity index (χ3v) is 6.77. The Labute approximate surface area is 214 Å². The Morgan fingerprint density at radius 1 is 0.567 bits per heavy atom. The van der Waals surface area contributed by atoms with Gasteiger partial charge >= 0.3 is 48.9 Å². The molecule has 0 spiro atoms. The maximum absolute atomic E-state index is 12.0. The molecule has 0 heterocycles. The molecule has 148 valence electrons. The van der Waals surface area contributed by atoms with Crippen LogP contribution in [-0.4, -0.2) is 74.8 Å². The van der Waals surface area contributed by atoms with Crippen molar-refractivity contribution in [2.24, 2.45) is 0 Å². The van der Waals surface area contributed by atoms with Crippen molar-refractivity contribution in [3.8, 4) is 0 Å². The van der Waals surface area contributed by atoms with E-state index in [1.807, 2.05) is 0 Å². The fourth-order valence-electron chi connectivity index (χ4n) is 3.65. The zero-order chi connectivity index (χ0) is 20.8. The van der Waals surface area contributed by atoms with Crippen LogP contribution in [0.3, 0.4) is 0 Å². The van der Waals surface area contributed by atoms with Gasteiger partial charge in [-0.3, -0.25) is 0 Å². The zero-order valence-corrected chi connectivity index (χ0v) is 21.7. The van der Waals surface area contributed by atoms with Gasteiger partial charge in [0.05, 0.1) is 9.79 Å². The fraction of sp³-hybridized carbons (Fsp3) is 0.0476. The number of benzene rings is 4. The number of rotatable bonds is 4. The minimum atomic E-state index is -4.85. The second-order valence-corrected chi connectivity index (χ2v) is 9.27. The molecule has 4 aromatic rings. The van der Waals surface area contributed by atoms with Crippen LogP contribution in [0.4, 0.5) is 0 Å². The van der Waals surface area contributed by atoms with E-state index in [-0.39, 0.29) is 77.2 Å². The topological polar surface area (TPSA) is 114 Å². The molecule has 6 nitrogen and oxygen atoms in total. The van der Waals surface area contributed by atoms with Crippen LogP contribution in [0.1, 0.15) is 11.1 Å². The Bertz CT molecular complexity index is 1370. The summed E-state index contributed by atoms with van der Waals surface area (Å²) in [5.74, 6) is 0. The third kappa shape index (κ3) is 4.52. The first kappa shape index (κ1) is 23.5. The van der Waals surface area contributed by atoms with Crippen molar-refractivity contribution in [1.29, 1.82) is 0 Å². The Kier molecular flexibility index (Phi) is 6.83. The summed E-state index contributed by atoms with van der Waals surface area (Å²) in [4.78, 5) is -0.809. The molecule has 9 heteroatoms. The van der Waals surface area contributed by atoms with E-state index >= 15 is 0 Å². The van der Waals surface area contributed by atoms with Gasteiger partial charge in [0, 0.05) is 0 Å². The van der Waals surface area contributed by atoms with E-state index in [2.05, 4.69) is 0 Å². The molecule has 0 amide bonds. The fourth-order valence-corrected chi connectivity index (χ4v) is 5.48. The molecule has 0 aliphatic rings. The van der Waals surface area contributed by atoms with Gasteiger partial charge in [0.2, 0.25) is 0 Å². The molecule has 0 saturated carbocycles. The first-order chi connectivity index (χ1) is 13.7. The molecule has 0 saturated heterocycles. The Balaban J connectivity index is 0.00000256. The van der Waals surface area contributed by atoms with Gasteiger partial charge in [-0.05, 0) is 39.1 Å². The molecule has 0 aliphatic carbocycles. The van der Waals surface area contributed by atoms with Crippen LogP contribution in [0.2, 0.25) is 0 Å². The standard InChI is InChI=1S/C21H16O6S2.Ba/c22-28(23,24)20-16(11-9-14-5-1-3-7-18(14)20)13-17-12-10-15-6-2-4-8-19(15)21(17)29(25,26)27;/h1-12H,13H2,(H,22,23,24)(H,25,26,27);/q;+2/p-2. The van der Waals surface area contributed by atoms with Gasteiger partial charge in [-0.2, -0.15) is 0 Å². The Hall–Kier alpha value is -1.21. The van der Waals surface area contributed by atoms with E-state index in [1.54, 1.807) is 48.5 Å². The van der Waals surface area contributed by atoms with Crippen LogP contribution < -0.4 is 0 Å². The van der Waals surface area contributed by atoms with E-state index < -0.39 is 30.0 Å². The zero-order valence-electron chi connectivity index (χ0n) is 15.6. The van der Waals surface area contributed by atoms with E-state index in [1.165, 1.54) is 24.3 Å². The summed E-state index contributed by atoms with van der Waals surface area (Å²) in [6.45, 7) is 0. The van der Waals surface area contributed by atoms with Crippen LogP contribution in [0.5, 0.6) is 0 Å². The molecule has 0 fully saturated rings. The maximum atomic E-state index is 12.0. The van der Waals surface area contributed by atoms with E-state index in [9.17, 15) is 25.9 Å². The molecule has 0 aromatic heterocycles. The van der Waals surface area contributed by atoms with Crippen LogP contribution in [0, 0.1) is 0 Å². The number of hydrogen-bond donors (Lipinski definition) is 0. The predicted octanol–water partition coefficient (Wildman–Crippen LogP) is 3.01. The van der Waals surface area contributed by atoms with Crippen molar-refractivity contribution in [2.75, 3.05) is 0 Å². The summed E-state index contributed by atoms with van der Waals surface area (Å²) in [5, 5.41) is 1.65. The van der Waals surface area contributed by atoms with Gasteiger partial charge < -0.3 is 9.11 Å². The second kappa shape index (κ2) is 8.73. The van der Waals surface area contributed by atoms with Crippen molar-refractivity contribution in [3.05, 3.63) is 83.9 Å². The summed E-state index contributed by atoms with van der Waals surface area (Å²) in [7, 11) is -9.70. The largest absolute Gasteiger partial charge is 2.00 e. The number of fused-ring (bicyclic) bond motifs is 2. The van der Waals surface area contributed by atoms with Crippen LogP contribution in [0.25, 0.3) is 21.5 Å². The molecule has 30 heavy (non-hydrogen) atoms. The van der Waals surface area contributed by atoms with Crippen LogP contribution >= 0.6 is 0 Å². The molecule has 0 N–H and O–H groups in total. The van der Waals surface area contributed by atoms with E-state index in [0.717, 1.165) is 0 Å². The van der Waals surface area contributed by atoms with Crippen molar-refractivity contribution in [1.82, 2.24) is 0 Å². The van der Waals surface area contributed by atoms with Gasteiger partial charge in [0.25, 0.3) is 0 Å². The molecule has 0 aliphatic heterocycles. The average molecular weight is 564 g/mol. The Morgan fingerprint density at radius 2 is 0.933 bits per heavy atom. The molecule has 0 bridgehead atoms. The van der Waals surface area contributed by atoms with Gasteiger partial charge in [0.15, 0.2) is 0 Å². The quantitative estimate of drug-likeness (QED) is 0.279. The van der Waals surface area contributed by atoms with Crippen molar-refractivity contribution >= 4 is 90.7 Å². The maximum Gasteiger partial charge on any atom is 2.00 e. The monoisotopic (exact) mass is 564 g/mol. The minimum Gasteiger partial charge on any atom is -0.744 e. The Morgan fingerprint density at radius 3 is 1.30 bits per heavy atom. The normalized spacial score (nSPS) is 12.1. The summed E-state index contributed by atoms with van der Waals surface area (Å²) >= 11 is 0. The van der Waals surface area contributed by atoms with Crippen molar-refractivity contribution in [2.45, 2.75) is 16.2 Å². The second-order valence-electron chi connectivity index (χ2n) is 6.63. The van der Waals surface area contributed by atoms with E-state index in [0.29, 0.717) is 10.8 Å². The van der Waals surface area contributed by atoms with E-state index in [4.69, 9.17) is 0 Å². The molecule has 0 atom stereocenters. The SMILES string of the molecule is O=S(=O)([O-])c1c(Cc2ccc3ccccc3c2S(=O)(=O)[O-])ccc2ccccc12.[Ba+2]. The predicted molar refractivity (Wildman–Crippen MR) is 112 cm³/mol. The third-order valence-electron chi connectivity index (χ3n) is 4.80. The minimum absolute atomic E-state index is 0. The van der Waals surface area contributed by atoms with Gasteiger partial charge in [-0.15, -0.1) is 0 Å². The molecule has 0 radical (unpaired) electrons. The van der Waals surface area contributed by atoms with Crippen molar-refractivity contribution in [3.63, 3.8) is 0 Å². The molecule has 4 aromatic carbocycles.